The first-order valence-corrected chi connectivity index (χ1v) is 6.11. The molecule has 0 aliphatic carbocycles. The Bertz CT molecular complexity index is 266. The molecule has 0 spiro atoms. The van der Waals surface area contributed by atoms with E-state index in [1.165, 1.54) is 11.1 Å². The van der Waals surface area contributed by atoms with Crippen molar-refractivity contribution in [2.24, 2.45) is 0 Å². The van der Waals surface area contributed by atoms with Gasteiger partial charge in [-0.2, -0.15) is 0 Å². The van der Waals surface area contributed by atoms with E-state index in [9.17, 15) is 0 Å². The first-order chi connectivity index (χ1) is 6.33. The zero-order valence-corrected chi connectivity index (χ0v) is 10.0. The maximum absolute atomic E-state index is 3.50. The summed E-state index contributed by atoms with van der Waals surface area (Å²) in [5, 5.41) is 1.06. The van der Waals surface area contributed by atoms with Crippen molar-refractivity contribution in [2.75, 3.05) is 5.33 Å². The van der Waals surface area contributed by atoms with E-state index >= 15 is 0 Å². The highest BCUT2D eigenvalue weighted by Gasteiger charge is 2.03. The fraction of sp³-hybridized carbons (Fsp3) is 0.500. The van der Waals surface area contributed by atoms with Crippen molar-refractivity contribution >= 4 is 15.9 Å². The van der Waals surface area contributed by atoms with Gasteiger partial charge in [-0.15, -0.1) is 0 Å². The number of hydrogen-bond donors (Lipinski definition) is 0. The maximum atomic E-state index is 3.50. The summed E-state index contributed by atoms with van der Waals surface area (Å²) >= 11 is 3.50. The summed E-state index contributed by atoms with van der Waals surface area (Å²) in [5.74, 6) is 0. The highest BCUT2D eigenvalue weighted by atomic mass is 79.9. The third-order valence-electron chi connectivity index (χ3n) is 2.47. The number of rotatable bonds is 4. The van der Waals surface area contributed by atoms with Crippen LogP contribution in [0, 0.1) is 0 Å². The molecule has 0 saturated heterocycles. The number of benzene rings is 1. The molecule has 0 radical (unpaired) electrons. The molecule has 0 aliphatic rings. The summed E-state index contributed by atoms with van der Waals surface area (Å²) in [4.78, 5) is 0. The van der Waals surface area contributed by atoms with Crippen molar-refractivity contribution in [1.82, 2.24) is 0 Å². The van der Waals surface area contributed by atoms with Gasteiger partial charge in [0.2, 0.25) is 0 Å². The minimum Gasteiger partial charge on any atom is -0.0924 e. The molecular formula is C12H17Br. The lowest BCUT2D eigenvalue weighted by Gasteiger charge is -2.11. The van der Waals surface area contributed by atoms with E-state index in [1.807, 2.05) is 0 Å². The third kappa shape index (κ3) is 2.57. The van der Waals surface area contributed by atoms with Crippen molar-refractivity contribution in [2.45, 2.75) is 33.1 Å². The molecule has 0 aromatic heterocycles. The Morgan fingerprint density at radius 3 is 2.31 bits per heavy atom. The van der Waals surface area contributed by atoms with Crippen LogP contribution in [-0.2, 0) is 19.3 Å². The van der Waals surface area contributed by atoms with Gasteiger partial charge in [-0.25, -0.2) is 0 Å². The second kappa shape index (κ2) is 5.43. The normalized spacial score (nSPS) is 10.4. The van der Waals surface area contributed by atoms with Gasteiger partial charge in [-0.1, -0.05) is 48.0 Å². The summed E-state index contributed by atoms with van der Waals surface area (Å²) in [5.41, 5.74) is 4.59. The molecule has 0 N–H and O–H groups in total. The molecule has 0 unspecified atom stereocenters. The predicted octanol–water partition coefficient (Wildman–Crippen LogP) is 3.75. The number of hydrogen-bond acceptors (Lipinski definition) is 0. The second-order valence-corrected chi connectivity index (χ2v) is 3.99. The lowest BCUT2D eigenvalue weighted by Crippen LogP contribution is -1.98. The van der Waals surface area contributed by atoms with Crippen LogP contribution in [0.1, 0.15) is 30.5 Å². The number of halogens is 1. The molecule has 13 heavy (non-hydrogen) atoms. The average Bonchev–Trinajstić information content (AvgIpc) is 2.18. The fourth-order valence-corrected chi connectivity index (χ4v) is 2.24. The molecule has 1 aromatic rings. The van der Waals surface area contributed by atoms with E-state index in [2.05, 4.69) is 48.0 Å². The molecule has 0 aliphatic heterocycles. The van der Waals surface area contributed by atoms with Crippen LogP contribution in [0.4, 0.5) is 0 Å². The van der Waals surface area contributed by atoms with Crippen molar-refractivity contribution in [1.29, 1.82) is 0 Å². The molecule has 0 nitrogen and oxygen atoms in total. The van der Waals surface area contributed by atoms with Crippen molar-refractivity contribution in [3.8, 4) is 0 Å². The standard InChI is InChI=1S/C12H17Br/c1-3-10-6-5-7-11(8-9-13)12(10)4-2/h5-7H,3-4,8-9H2,1-2H3. The van der Waals surface area contributed by atoms with Crippen LogP contribution in [0.15, 0.2) is 18.2 Å². The highest BCUT2D eigenvalue weighted by molar-refractivity contribution is 9.09. The summed E-state index contributed by atoms with van der Waals surface area (Å²) < 4.78 is 0. The van der Waals surface area contributed by atoms with E-state index in [0.29, 0.717) is 0 Å². The zero-order chi connectivity index (χ0) is 9.68. The zero-order valence-electron chi connectivity index (χ0n) is 8.44. The van der Waals surface area contributed by atoms with Gasteiger partial charge in [0, 0.05) is 5.33 Å². The minimum atomic E-state index is 1.06. The van der Waals surface area contributed by atoms with E-state index in [0.717, 1.165) is 24.6 Å². The Balaban J connectivity index is 3.03. The quantitative estimate of drug-likeness (QED) is 0.704. The topological polar surface area (TPSA) is 0 Å². The molecule has 0 saturated carbocycles. The summed E-state index contributed by atoms with van der Waals surface area (Å²) in [6, 6.07) is 6.67. The Labute approximate surface area is 89.5 Å². The molecule has 1 aromatic carbocycles. The molecule has 0 bridgehead atoms. The summed E-state index contributed by atoms with van der Waals surface area (Å²) in [6.07, 6.45) is 3.46. The van der Waals surface area contributed by atoms with Crippen LogP contribution >= 0.6 is 15.9 Å². The fourth-order valence-electron chi connectivity index (χ4n) is 1.81. The van der Waals surface area contributed by atoms with Gasteiger partial charge in [0.15, 0.2) is 0 Å². The summed E-state index contributed by atoms with van der Waals surface area (Å²) in [6.45, 7) is 4.47. The van der Waals surface area contributed by atoms with E-state index in [4.69, 9.17) is 0 Å². The molecule has 0 atom stereocenters. The van der Waals surface area contributed by atoms with Crippen LogP contribution in [0.3, 0.4) is 0 Å². The van der Waals surface area contributed by atoms with Crippen molar-refractivity contribution in [3.05, 3.63) is 34.9 Å². The lowest BCUT2D eigenvalue weighted by molar-refractivity contribution is 0.987. The van der Waals surface area contributed by atoms with Crippen LogP contribution in [0.25, 0.3) is 0 Å². The first-order valence-electron chi connectivity index (χ1n) is 4.99. The lowest BCUT2D eigenvalue weighted by atomic mass is 9.96. The Hall–Kier alpha value is -0.300. The maximum Gasteiger partial charge on any atom is 0.00719 e. The monoisotopic (exact) mass is 240 g/mol. The molecule has 1 rings (SSSR count). The molecule has 1 heteroatoms. The van der Waals surface area contributed by atoms with Gasteiger partial charge in [-0.3, -0.25) is 0 Å². The largest absolute Gasteiger partial charge is 0.0924 e. The van der Waals surface area contributed by atoms with Gasteiger partial charge in [0.1, 0.15) is 0 Å². The Morgan fingerprint density at radius 2 is 1.77 bits per heavy atom. The molecule has 0 heterocycles. The van der Waals surface area contributed by atoms with Gasteiger partial charge >= 0.3 is 0 Å². The Morgan fingerprint density at radius 1 is 1.08 bits per heavy atom. The molecule has 72 valence electrons. The van der Waals surface area contributed by atoms with Gasteiger partial charge in [0.05, 0.1) is 0 Å². The van der Waals surface area contributed by atoms with Crippen LogP contribution in [0.2, 0.25) is 0 Å². The van der Waals surface area contributed by atoms with E-state index < -0.39 is 0 Å². The number of aryl methyl sites for hydroxylation is 2. The minimum absolute atomic E-state index is 1.06. The van der Waals surface area contributed by atoms with Crippen LogP contribution < -0.4 is 0 Å². The molecule has 0 fully saturated rings. The molecule has 0 amide bonds. The van der Waals surface area contributed by atoms with Gasteiger partial charge in [0.25, 0.3) is 0 Å². The Kier molecular flexibility index (Phi) is 4.51. The first kappa shape index (κ1) is 10.8. The van der Waals surface area contributed by atoms with E-state index in [1.54, 1.807) is 5.56 Å². The third-order valence-corrected chi connectivity index (χ3v) is 2.86. The van der Waals surface area contributed by atoms with Gasteiger partial charge < -0.3 is 0 Å². The van der Waals surface area contributed by atoms with E-state index in [-0.39, 0.29) is 0 Å². The van der Waals surface area contributed by atoms with Gasteiger partial charge in [-0.05, 0) is 36.0 Å². The highest BCUT2D eigenvalue weighted by Crippen LogP contribution is 2.17. The SMILES string of the molecule is CCc1cccc(CCBr)c1CC. The van der Waals surface area contributed by atoms with Crippen molar-refractivity contribution < 1.29 is 0 Å². The molecular weight excluding hydrogens is 224 g/mol. The van der Waals surface area contributed by atoms with Crippen LogP contribution in [0.5, 0.6) is 0 Å². The van der Waals surface area contributed by atoms with Crippen LogP contribution in [-0.4, -0.2) is 5.33 Å². The number of alkyl halides is 1. The predicted molar refractivity (Wildman–Crippen MR) is 62.7 cm³/mol. The smallest absolute Gasteiger partial charge is 0.00719 e. The average molecular weight is 241 g/mol. The second-order valence-electron chi connectivity index (χ2n) is 3.20. The van der Waals surface area contributed by atoms with Crippen molar-refractivity contribution in [3.63, 3.8) is 0 Å². The summed E-state index contributed by atoms with van der Waals surface area (Å²) in [7, 11) is 0.